The van der Waals surface area contributed by atoms with Crippen molar-refractivity contribution in [2.75, 3.05) is 0 Å². The number of ketones is 1. The van der Waals surface area contributed by atoms with Crippen LogP contribution < -0.4 is 5.43 Å². The number of carbonyl (C=O) groups is 1. The number of nitrogens with zero attached hydrogens (tertiary/aromatic N) is 2. The summed E-state index contributed by atoms with van der Waals surface area (Å²) >= 11 is 1.31. The van der Waals surface area contributed by atoms with Gasteiger partial charge >= 0.3 is 0 Å². The molecule has 23 heavy (non-hydrogen) atoms. The van der Waals surface area contributed by atoms with Gasteiger partial charge in [-0.05, 0) is 23.6 Å². The lowest BCUT2D eigenvalue weighted by Gasteiger charge is -2.02. The van der Waals surface area contributed by atoms with E-state index in [1.165, 1.54) is 23.7 Å². The summed E-state index contributed by atoms with van der Waals surface area (Å²) in [5, 5.41) is 6.41. The Bertz CT molecular complexity index is 1030. The number of furan rings is 1. The van der Waals surface area contributed by atoms with Gasteiger partial charge in [0.05, 0.1) is 28.3 Å². The van der Waals surface area contributed by atoms with Crippen LogP contribution in [0.3, 0.4) is 0 Å². The molecule has 0 aliphatic rings. The van der Waals surface area contributed by atoms with Crippen LogP contribution >= 0.6 is 11.3 Å². The van der Waals surface area contributed by atoms with Gasteiger partial charge in [-0.2, -0.15) is 5.10 Å². The van der Waals surface area contributed by atoms with Gasteiger partial charge in [0.15, 0.2) is 0 Å². The summed E-state index contributed by atoms with van der Waals surface area (Å²) in [5.41, 5.74) is 0.370. The van der Waals surface area contributed by atoms with E-state index in [4.69, 9.17) is 4.42 Å². The van der Waals surface area contributed by atoms with Gasteiger partial charge in [-0.1, -0.05) is 6.07 Å². The molecule has 0 aliphatic carbocycles. The van der Waals surface area contributed by atoms with Gasteiger partial charge in [-0.25, -0.2) is 4.68 Å². The number of pyridine rings is 1. The number of rotatable bonds is 4. The van der Waals surface area contributed by atoms with E-state index in [1.54, 1.807) is 34.5 Å². The molecule has 0 unspecified atom stereocenters. The Balaban J connectivity index is 1.78. The molecule has 7 heteroatoms. The van der Waals surface area contributed by atoms with Crippen LogP contribution in [0.25, 0.3) is 11.0 Å². The van der Waals surface area contributed by atoms with Crippen molar-refractivity contribution in [1.82, 2.24) is 14.8 Å². The molecule has 0 fully saturated rings. The number of carbonyl (C=O) groups excluding carboxylic acids is 1. The van der Waals surface area contributed by atoms with Gasteiger partial charge in [0.2, 0.25) is 11.2 Å². The maximum atomic E-state index is 12.6. The maximum absolute atomic E-state index is 12.6. The van der Waals surface area contributed by atoms with Crippen molar-refractivity contribution in [2.45, 2.75) is 6.54 Å². The highest BCUT2D eigenvalue weighted by Gasteiger charge is 2.18. The lowest BCUT2D eigenvalue weighted by molar-refractivity contribution is 0.104. The highest BCUT2D eigenvalue weighted by molar-refractivity contribution is 7.12. The summed E-state index contributed by atoms with van der Waals surface area (Å²) < 4.78 is 6.93. The lowest BCUT2D eigenvalue weighted by atomic mass is 10.1. The van der Waals surface area contributed by atoms with Gasteiger partial charge < -0.3 is 9.40 Å². The highest BCUT2D eigenvalue weighted by atomic mass is 32.1. The summed E-state index contributed by atoms with van der Waals surface area (Å²) in [6, 6.07) is 7.12. The average molecular weight is 325 g/mol. The number of nitrogens with one attached hydrogen (secondary N) is 1. The Kier molecular flexibility index (Phi) is 3.20. The van der Waals surface area contributed by atoms with Crippen LogP contribution in [0.2, 0.25) is 0 Å². The summed E-state index contributed by atoms with van der Waals surface area (Å²) in [4.78, 5) is 28.5. The first-order valence-electron chi connectivity index (χ1n) is 6.92. The van der Waals surface area contributed by atoms with Gasteiger partial charge in [-0.3, -0.25) is 9.59 Å². The monoisotopic (exact) mass is 325 g/mol. The van der Waals surface area contributed by atoms with Crippen LogP contribution in [-0.2, 0) is 6.54 Å². The van der Waals surface area contributed by atoms with E-state index < -0.39 is 0 Å². The van der Waals surface area contributed by atoms with E-state index in [9.17, 15) is 9.59 Å². The molecule has 4 aromatic heterocycles. The zero-order valence-corrected chi connectivity index (χ0v) is 12.7. The van der Waals surface area contributed by atoms with Crippen LogP contribution in [0.4, 0.5) is 0 Å². The van der Waals surface area contributed by atoms with Crippen molar-refractivity contribution in [1.29, 1.82) is 0 Å². The molecule has 0 bridgehead atoms. The number of aromatic nitrogens is 3. The standard InChI is InChI=1S/C16H11N3O3S/c20-14-11(15(21)13-4-2-6-23-13)7-17-16-12(14)8-18-19(16)9-10-3-1-5-22-10/h1-8H,9H2,(H,17,20). The Morgan fingerprint density at radius 2 is 2.26 bits per heavy atom. The number of fused-ring (bicyclic) bond motifs is 1. The van der Waals surface area contributed by atoms with E-state index in [2.05, 4.69) is 10.1 Å². The van der Waals surface area contributed by atoms with Gasteiger partial charge in [-0.15, -0.1) is 11.3 Å². The normalized spacial score (nSPS) is 11.1. The van der Waals surface area contributed by atoms with Crippen molar-refractivity contribution in [3.63, 3.8) is 0 Å². The van der Waals surface area contributed by atoms with Crippen molar-refractivity contribution >= 4 is 28.2 Å². The average Bonchev–Trinajstić information content (AvgIpc) is 3.30. The van der Waals surface area contributed by atoms with E-state index in [0.29, 0.717) is 22.5 Å². The molecule has 1 N–H and O–H groups in total. The minimum absolute atomic E-state index is 0.123. The predicted octanol–water partition coefficient (Wildman–Crippen LogP) is 2.66. The minimum Gasteiger partial charge on any atom is -0.467 e. The van der Waals surface area contributed by atoms with Crippen LogP contribution in [-0.4, -0.2) is 20.5 Å². The third-order valence-electron chi connectivity index (χ3n) is 3.56. The summed E-state index contributed by atoms with van der Waals surface area (Å²) in [6.45, 7) is 0.407. The number of thiophene rings is 1. The summed E-state index contributed by atoms with van der Waals surface area (Å²) in [7, 11) is 0. The predicted molar refractivity (Wildman–Crippen MR) is 85.9 cm³/mol. The Labute approximate surface area is 134 Å². The number of H-pyrrole nitrogens is 1. The molecule has 0 amide bonds. The fourth-order valence-corrected chi connectivity index (χ4v) is 3.11. The largest absolute Gasteiger partial charge is 0.467 e. The first-order chi connectivity index (χ1) is 11.2. The van der Waals surface area contributed by atoms with Crippen LogP contribution in [0.15, 0.2) is 57.5 Å². The molecule has 0 aliphatic heterocycles. The maximum Gasteiger partial charge on any atom is 0.208 e. The molecule has 6 nitrogen and oxygen atoms in total. The number of aromatic amines is 1. The number of hydrogen-bond acceptors (Lipinski definition) is 5. The number of hydrogen-bond donors (Lipinski definition) is 1. The third kappa shape index (κ3) is 2.31. The van der Waals surface area contributed by atoms with Crippen LogP contribution in [0.5, 0.6) is 0 Å². The molecule has 0 saturated carbocycles. The second kappa shape index (κ2) is 5.36. The Hall–Kier alpha value is -2.93. The van der Waals surface area contributed by atoms with E-state index in [1.807, 2.05) is 6.07 Å². The SMILES string of the molecule is O=C(c1cccs1)c1c[nH]c2c(cnn2Cc2ccco2)c1=O. The van der Waals surface area contributed by atoms with Crippen molar-refractivity contribution in [2.24, 2.45) is 0 Å². The summed E-state index contributed by atoms with van der Waals surface area (Å²) in [5.74, 6) is 0.455. The second-order valence-electron chi connectivity index (χ2n) is 4.98. The van der Waals surface area contributed by atoms with E-state index >= 15 is 0 Å². The highest BCUT2D eigenvalue weighted by Crippen LogP contribution is 2.15. The van der Waals surface area contributed by atoms with Gasteiger partial charge in [0, 0.05) is 6.20 Å². The Morgan fingerprint density at radius 1 is 1.35 bits per heavy atom. The molecule has 0 saturated heterocycles. The quantitative estimate of drug-likeness (QED) is 0.585. The van der Waals surface area contributed by atoms with Crippen molar-refractivity contribution in [3.05, 3.63) is 74.7 Å². The lowest BCUT2D eigenvalue weighted by Crippen LogP contribution is -2.16. The molecule has 114 valence electrons. The topological polar surface area (TPSA) is 80.9 Å². The molecule has 4 rings (SSSR count). The van der Waals surface area contributed by atoms with Gasteiger partial charge in [0.25, 0.3) is 0 Å². The zero-order chi connectivity index (χ0) is 15.8. The third-order valence-corrected chi connectivity index (χ3v) is 4.43. The van der Waals surface area contributed by atoms with E-state index in [0.717, 1.165) is 5.76 Å². The molecule has 4 heterocycles. The molecule has 0 radical (unpaired) electrons. The molecule has 0 spiro atoms. The molecular formula is C16H11N3O3S. The van der Waals surface area contributed by atoms with Crippen LogP contribution in [0, 0.1) is 0 Å². The molecular weight excluding hydrogens is 314 g/mol. The van der Waals surface area contributed by atoms with Crippen molar-refractivity contribution < 1.29 is 9.21 Å². The first kappa shape index (κ1) is 13.7. The molecule has 0 atom stereocenters. The fourth-order valence-electron chi connectivity index (χ4n) is 2.43. The van der Waals surface area contributed by atoms with Crippen LogP contribution in [0.1, 0.15) is 21.0 Å². The smallest absolute Gasteiger partial charge is 0.208 e. The zero-order valence-electron chi connectivity index (χ0n) is 11.9. The Morgan fingerprint density at radius 3 is 3.00 bits per heavy atom. The van der Waals surface area contributed by atoms with E-state index in [-0.39, 0.29) is 16.8 Å². The molecule has 0 aromatic carbocycles. The first-order valence-corrected chi connectivity index (χ1v) is 7.80. The van der Waals surface area contributed by atoms with Crippen molar-refractivity contribution in [3.8, 4) is 0 Å². The minimum atomic E-state index is -0.317. The second-order valence-corrected chi connectivity index (χ2v) is 5.93. The summed E-state index contributed by atoms with van der Waals surface area (Å²) in [6.07, 6.45) is 4.51. The molecule has 4 aromatic rings. The van der Waals surface area contributed by atoms with Gasteiger partial charge in [0.1, 0.15) is 18.0 Å². The fraction of sp³-hybridized carbons (Fsp3) is 0.0625.